The van der Waals surface area contributed by atoms with Crippen molar-refractivity contribution in [3.05, 3.63) is 149 Å². The summed E-state index contributed by atoms with van der Waals surface area (Å²) in [6.07, 6.45) is 14.8. The van der Waals surface area contributed by atoms with Crippen molar-refractivity contribution in [2.45, 2.75) is 31.0 Å². The van der Waals surface area contributed by atoms with Crippen LogP contribution in [-0.2, 0) is 6.54 Å². The number of hydrogen-bond acceptors (Lipinski definition) is 2. The number of nitrogens with one attached hydrogen (secondary N) is 1. The van der Waals surface area contributed by atoms with Gasteiger partial charge in [-0.15, -0.1) is 0 Å². The first-order valence-corrected chi connectivity index (χ1v) is 14.2. The normalized spacial score (nSPS) is 19.6. The molecule has 40 heavy (non-hydrogen) atoms. The van der Waals surface area contributed by atoms with Crippen LogP contribution in [0.5, 0.6) is 0 Å². The third-order valence-corrected chi connectivity index (χ3v) is 8.20. The van der Waals surface area contributed by atoms with Crippen molar-refractivity contribution >= 4 is 28.7 Å². The van der Waals surface area contributed by atoms with Gasteiger partial charge in [-0.1, -0.05) is 109 Å². The van der Waals surface area contributed by atoms with Crippen LogP contribution in [0.15, 0.2) is 127 Å². The molecule has 4 aromatic carbocycles. The van der Waals surface area contributed by atoms with Gasteiger partial charge < -0.3 is 15.6 Å². The lowest BCUT2D eigenvalue weighted by Crippen LogP contribution is -2.41. The molecular formula is C37H33N3. The van der Waals surface area contributed by atoms with Crippen LogP contribution in [0, 0.1) is 0 Å². The Morgan fingerprint density at radius 2 is 1.55 bits per heavy atom. The fourth-order valence-corrected chi connectivity index (χ4v) is 6.32. The van der Waals surface area contributed by atoms with Crippen molar-refractivity contribution in [3.63, 3.8) is 0 Å². The Morgan fingerprint density at radius 1 is 0.775 bits per heavy atom. The largest absolute Gasteiger partial charge is 0.378 e. The van der Waals surface area contributed by atoms with E-state index in [1.165, 1.54) is 38.2 Å². The zero-order valence-electron chi connectivity index (χ0n) is 22.4. The molecule has 0 aliphatic heterocycles. The first-order chi connectivity index (χ1) is 19.8. The molecule has 0 spiro atoms. The summed E-state index contributed by atoms with van der Waals surface area (Å²) in [7, 11) is 0. The molecule has 0 amide bonds. The molecule has 3 nitrogen and oxygen atoms in total. The van der Waals surface area contributed by atoms with E-state index in [9.17, 15) is 0 Å². The second-order valence-electron chi connectivity index (χ2n) is 10.7. The zero-order valence-corrected chi connectivity index (χ0v) is 22.4. The van der Waals surface area contributed by atoms with Gasteiger partial charge in [0.25, 0.3) is 0 Å². The number of anilines is 1. The van der Waals surface area contributed by atoms with Gasteiger partial charge in [0, 0.05) is 39.6 Å². The maximum absolute atomic E-state index is 6.17. The van der Waals surface area contributed by atoms with Gasteiger partial charge in [0.15, 0.2) is 0 Å². The highest BCUT2D eigenvalue weighted by molar-refractivity contribution is 5.84. The summed E-state index contributed by atoms with van der Waals surface area (Å²) >= 11 is 0. The number of aromatic nitrogens is 1. The molecule has 1 aromatic heterocycles. The summed E-state index contributed by atoms with van der Waals surface area (Å²) in [5.74, 6) is 0.177. The summed E-state index contributed by atoms with van der Waals surface area (Å²) < 4.78 is 2.53. The van der Waals surface area contributed by atoms with Gasteiger partial charge in [-0.2, -0.15) is 0 Å². The van der Waals surface area contributed by atoms with Crippen LogP contribution in [-0.4, -0.2) is 10.6 Å². The predicted molar refractivity (Wildman–Crippen MR) is 168 cm³/mol. The van der Waals surface area contributed by atoms with Crippen molar-refractivity contribution in [1.82, 2.24) is 4.57 Å². The van der Waals surface area contributed by atoms with Crippen LogP contribution in [0.3, 0.4) is 0 Å². The Bertz CT molecular complexity index is 1840. The number of nitrogens with two attached hydrogens (primary N) is 1. The van der Waals surface area contributed by atoms with E-state index in [1.807, 2.05) is 0 Å². The van der Waals surface area contributed by atoms with E-state index in [0.717, 1.165) is 17.7 Å². The molecule has 3 atom stereocenters. The summed E-state index contributed by atoms with van der Waals surface area (Å²) in [6, 6.07) is 37.3. The van der Waals surface area contributed by atoms with Crippen LogP contribution in [0.2, 0.25) is 0 Å². The van der Waals surface area contributed by atoms with Gasteiger partial charge in [0.2, 0.25) is 0 Å². The topological polar surface area (TPSA) is 43.0 Å². The Labute approximate surface area is 235 Å². The van der Waals surface area contributed by atoms with Crippen molar-refractivity contribution < 1.29 is 0 Å². The number of hydrogen-bond donors (Lipinski definition) is 2. The highest BCUT2D eigenvalue weighted by Crippen LogP contribution is 2.31. The smallest absolute Gasteiger partial charge is 0.0571 e. The number of fused-ring (bicyclic) bond motifs is 3. The average molecular weight is 520 g/mol. The molecule has 7 rings (SSSR count). The second-order valence-corrected chi connectivity index (χ2v) is 10.7. The monoisotopic (exact) mass is 519 g/mol. The lowest BCUT2D eigenvalue weighted by atomic mass is 9.87. The first-order valence-electron chi connectivity index (χ1n) is 14.2. The van der Waals surface area contributed by atoms with E-state index >= 15 is 0 Å². The van der Waals surface area contributed by atoms with Gasteiger partial charge in [0.05, 0.1) is 12.1 Å². The van der Waals surface area contributed by atoms with Crippen molar-refractivity contribution in [3.8, 4) is 11.1 Å². The third kappa shape index (κ3) is 4.49. The summed E-state index contributed by atoms with van der Waals surface area (Å²) in [5, 5.41) is 7.87. The lowest BCUT2D eigenvalue weighted by Gasteiger charge is -2.28. The van der Waals surface area contributed by atoms with E-state index < -0.39 is 0 Å². The van der Waals surface area contributed by atoms with Crippen LogP contribution in [0.1, 0.15) is 29.5 Å². The Balaban J connectivity index is 1.40. The van der Waals surface area contributed by atoms with E-state index in [-0.39, 0.29) is 12.0 Å². The maximum Gasteiger partial charge on any atom is 0.0571 e. The zero-order chi connectivity index (χ0) is 26.9. The van der Waals surface area contributed by atoms with Crippen molar-refractivity contribution in [2.75, 3.05) is 5.32 Å². The Morgan fingerprint density at radius 3 is 2.33 bits per heavy atom. The molecule has 1 heterocycles. The number of rotatable bonds is 6. The molecule has 3 unspecified atom stereocenters. The summed E-state index contributed by atoms with van der Waals surface area (Å²) in [6.45, 7) is 0.498. The predicted octanol–water partition coefficient (Wildman–Crippen LogP) is 6.66. The van der Waals surface area contributed by atoms with Gasteiger partial charge in [-0.05, 0) is 59.0 Å². The Hall–Kier alpha value is -4.60. The van der Waals surface area contributed by atoms with Gasteiger partial charge in [-0.25, -0.2) is 0 Å². The highest BCUT2D eigenvalue weighted by Gasteiger charge is 2.26. The fraction of sp³-hybridized carbons (Fsp3) is 0.135. The summed E-state index contributed by atoms with van der Waals surface area (Å²) in [5.41, 5.74) is 13.3. The van der Waals surface area contributed by atoms with Gasteiger partial charge >= 0.3 is 0 Å². The van der Waals surface area contributed by atoms with Crippen LogP contribution in [0.25, 0.3) is 34.2 Å². The van der Waals surface area contributed by atoms with E-state index in [2.05, 4.69) is 149 Å². The van der Waals surface area contributed by atoms with Crippen molar-refractivity contribution in [1.29, 1.82) is 0 Å². The molecule has 2 aliphatic carbocycles. The molecule has 5 aromatic rings. The standard InChI is InChI=1S/C37H33N3/c38-25-26-20-29(27-12-4-1-5-13-27)22-30(21-26)39-35-24-37-34(23-33(35)28-14-6-2-7-15-28)32-18-10-11-19-36(32)40(37)31-16-8-3-9-17-31/h1-16,18-24,31,33,35,39H,17,25,38H2. The maximum atomic E-state index is 6.17. The SMILES string of the molecule is NCc1cc(NC2C=c3c(c4ccccc4n3C3C=CC=CC3)=CC2c2ccccc2)cc(-c2ccccc2)c1. The third-order valence-electron chi connectivity index (χ3n) is 8.20. The number of para-hydroxylation sites is 1. The molecule has 3 N–H and O–H groups in total. The van der Waals surface area contributed by atoms with Gasteiger partial charge in [0.1, 0.15) is 0 Å². The molecule has 3 heteroatoms. The minimum absolute atomic E-state index is 0.0673. The van der Waals surface area contributed by atoms with E-state index in [1.54, 1.807) is 0 Å². The second kappa shape index (κ2) is 10.5. The molecule has 0 fully saturated rings. The quantitative estimate of drug-likeness (QED) is 0.263. The van der Waals surface area contributed by atoms with Crippen LogP contribution >= 0.6 is 0 Å². The van der Waals surface area contributed by atoms with Crippen LogP contribution < -0.4 is 21.6 Å². The van der Waals surface area contributed by atoms with Crippen molar-refractivity contribution in [2.24, 2.45) is 5.73 Å². The molecule has 0 saturated carbocycles. The van der Waals surface area contributed by atoms with E-state index in [0.29, 0.717) is 12.6 Å². The Kier molecular flexibility index (Phi) is 6.43. The number of nitrogens with zero attached hydrogens (tertiary/aromatic N) is 1. The molecule has 0 radical (unpaired) electrons. The van der Waals surface area contributed by atoms with Crippen LogP contribution in [0.4, 0.5) is 5.69 Å². The number of benzene rings is 4. The molecular weight excluding hydrogens is 486 g/mol. The fourth-order valence-electron chi connectivity index (χ4n) is 6.32. The molecule has 2 aliphatic rings. The van der Waals surface area contributed by atoms with E-state index in [4.69, 9.17) is 5.73 Å². The minimum Gasteiger partial charge on any atom is -0.378 e. The average Bonchev–Trinajstić information content (AvgIpc) is 3.35. The minimum atomic E-state index is 0.0673. The lowest BCUT2D eigenvalue weighted by molar-refractivity contribution is 0.609. The summed E-state index contributed by atoms with van der Waals surface area (Å²) in [4.78, 5) is 0. The molecule has 0 bridgehead atoms. The first kappa shape index (κ1) is 24.4. The number of allylic oxidation sites excluding steroid dienone is 4. The highest BCUT2D eigenvalue weighted by atomic mass is 15.0. The van der Waals surface area contributed by atoms with Gasteiger partial charge in [-0.3, -0.25) is 0 Å². The molecule has 0 saturated heterocycles. The molecule has 196 valence electrons.